The van der Waals surface area contributed by atoms with Gasteiger partial charge in [-0.1, -0.05) is 13.8 Å². The van der Waals surface area contributed by atoms with Crippen LogP contribution in [0.3, 0.4) is 0 Å². The van der Waals surface area contributed by atoms with Crippen molar-refractivity contribution in [3.8, 4) is 17.2 Å². The lowest BCUT2D eigenvalue weighted by Crippen LogP contribution is -2.32. The van der Waals surface area contributed by atoms with E-state index in [0.717, 1.165) is 0 Å². The van der Waals surface area contributed by atoms with Crippen LogP contribution in [-0.2, 0) is 0 Å². The molecule has 0 aliphatic carbocycles. The van der Waals surface area contributed by atoms with Crippen molar-refractivity contribution in [2.75, 3.05) is 6.61 Å². The van der Waals surface area contributed by atoms with Crippen LogP contribution in [0.25, 0.3) is 0 Å². The van der Waals surface area contributed by atoms with Crippen LogP contribution in [0, 0.1) is 5.41 Å². The topological polar surface area (TPSA) is 107 Å². The summed E-state index contributed by atoms with van der Waals surface area (Å²) < 4.78 is 0. The van der Waals surface area contributed by atoms with Gasteiger partial charge >= 0.3 is 0 Å². The van der Waals surface area contributed by atoms with Crippen molar-refractivity contribution < 1.29 is 20.4 Å². The standard InChI is InChI=1S/C11H17NO4/c1-11(2,5-13)10(12)6-3-4-7(14)9(16)8(6)15/h3-4,10,13-16H,5,12H2,1-2H3/t10-/m1/s1. The molecular formula is C11H17NO4. The number of aliphatic hydroxyl groups excluding tert-OH is 1. The number of rotatable bonds is 3. The number of hydrogen-bond donors (Lipinski definition) is 5. The summed E-state index contributed by atoms with van der Waals surface area (Å²) in [5, 5.41) is 37.3. The van der Waals surface area contributed by atoms with E-state index in [1.807, 2.05) is 0 Å². The van der Waals surface area contributed by atoms with Gasteiger partial charge in [0.2, 0.25) is 5.75 Å². The third kappa shape index (κ3) is 2.05. The summed E-state index contributed by atoms with van der Waals surface area (Å²) in [5.41, 5.74) is 5.54. The molecule has 0 amide bonds. The first kappa shape index (κ1) is 12.6. The molecule has 0 fully saturated rings. The first-order valence-electron chi connectivity index (χ1n) is 4.91. The van der Waals surface area contributed by atoms with Gasteiger partial charge in [-0.3, -0.25) is 0 Å². The highest BCUT2D eigenvalue weighted by Gasteiger charge is 2.30. The van der Waals surface area contributed by atoms with E-state index in [4.69, 9.17) is 15.9 Å². The van der Waals surface area contributed by atoms with E-state index in [1.54, 1.807) is 13.8 Å². The molecule has 90 valence electrons. The SMILES string of the molecule is CC(C)(CO)[C@H](N)c1ccc(O)c(O)c1O. The van der Waals surface area contributed by atoms with Gasteiger partial charge in [0, 0.05) is 23.6 Å². The molecule has 0 unspecified atom stereocenters. The number of nitrogens with two attached hydrogens (primary N) is 1. The van der Waals surface area contributed by atoms with Crippen molar-refractivity contribution in [3.05, 3.63) is 17.7 Å². The second-order valence-electron chi connectivity index (χ2n) is 4.50. The highest BCUT2D eigenvalue weighted by atomic mass is 16.3. The van der Waals surface area contributed by atoms with Crippen LogP contribution in [0.4, 0.5) is 0 Å². The van der Waals surface area contributed by atoms with Crippen LogP contribution in [0.15, 0.2) is 12.1 Å². The van der Waals surface area contributed by atoms with Gasteiger partial charge in [0.1, 0.15) is 0 Å². The van der Waals surface area contributed by atoms with Gasteiger partial charge < -0.3 is 26.2 Å². The van der Waals surface area contributed by atoms with E-state index in [2.05, 4.69) is 0 Å². The van der Waals surface area contributed by atoms with Crippen LogP contribution < -0.4 is 5.73 Å². The molecule has 0 spiro atoms. The molecule has 0 aliphatic heterocycles. The quantitative estimate of drug-likeness (QED) is 0.491. The average Bonchev–Trinajstić information content (AvgIpc) is 2.25. The molecule has 1 rings (SSSR count). The Bertz CT molecular complexity index is 390. The fourth-order valence-electron chi connectivity index (χ4n) is 1.35. The molecule has 0 heterocycles. The Morgan fingerprint density at radius 2 is 1.75 bits per heavy atom. The van der Waals surface area contributed by atoms with Crippen LogP contribution in [0.5, 0.6) is 17.2 Å². The van der Waals surface area contributed by atoms with Crippen molar-refractivity contribution >= 4 is 0 Å². The summed E-state index contributed by atoms with van der Waals surface area (Å²) in [6.45, 7) is 3.32. The average molecular weight is 227 g/mol. The fraction of sp³-hybridized carbons (Fsp3) is 0.455. The smallest absolute Gasteiger partial charge is 0.200 e. The molecule has 5 nitrogen and oxygen atoms in total. The lowest BCUT2D eigenvalue weighted by atomic mass is 9.81. The molecule has 5 heteroatoms. The molecule has 1 aromatic carbocycles. The molecule has 0 radical (unpaired) electrons. The van der Waals surface area contributed by atoms with Crippen LogP contribution >= 0.6 is 0 Å². The van der Waals surface area contributed by atoms with E-state index < -0.39 is 28.7 Å². The summed E-state index contributed by atoms with van der Waals surface area (Å²) in [5.74, 6) is -1.45. The van der Waals surface area contributed by atoms with Crippen molar-refractivity contribution in [1.82, 2.24) is 0 Å². The monoisotopic (exact) mass is 227 g/mol. The van der Waals surface area contributed by atoms with Crippen molar-refractivity contribution in [3.63, 3.8) is 0 Å². The van der Waals surface area contributed by atoms with Crippen LogP contribution in [0.1, 0.15) is 25.5 Å². The summed E-state index contributed by atoms with van der Waals surface area (Å²) >= 11 is 0. The molecule has 1 aromatic rings. The zero-order valence-electron chi connectivity index (χ0n) is 9.31. The molecule has 0 saturated heterocycles. The lowest BCUT2D eigenvalue weighted by molar-refractivity contribution is 0.131. The normalized spacial score (nSPS) is 13.8. The molecule has 1 atom stereocenters. The maximum atomic E-state index is 9.64. The van der Waals surface area contributed by atoms with E-state index in [9.17, 15) is 10.2 Å². The van der Waals surface area contributed by atoms with Gasteiger partial charge in [0.25, 0.3) is 0 Å². The molecule has 0 aromatic heterocycles. The summed E-state index contributed by atoms with van der Waals surface area (Å²) in [4.78, 5) is 0. The van der Waals surface area contributed by atoms with Crippen molar-refractivity contribution in [2.24, 2.45) is 11.1 Å². The zero-order valence-corrected chi connectivity index (χ0v) is 9.31. The number of phenolic OH excluding ortho intramolecular Hbond substituents is 3. The zero-order chi connectivity index (χ0) is 12.5. The predicted octanol–water partition coefficient (Wildman–Crippen LogP) is 0.822. The molecule has 0 bridgehead atoms. The maximum absolute atomic E-state index is 9.64. The summed E-state index contributed by atoms with van der Waals surface area (Å²) in [6, 6.07) is 2.02. The molecule has 6 N–H and O–H groups in total. The molecule has 0 aliphatic rings. The Kier molecular flexibility index (Phi) is 3.30. The minimum absolute atomic E-state index is 0.157. The largest absolute Gasteiger partial charge is 0.504 e. The lowest BCUT2D eigenvalue weighted by Gasteiger charge is -2.30. The maximum Gasteiger partial charge on any atom is 0.200 e. The minimum Gasteiger partial charge on any atom is -0.504 e. The molecular weight excluding hydrogens is 210 g/mol. The number of hydrogen-bond acceptors (Lipinski definition) is 5. The van der Waals surface area contributed by atoms with Crippen molar-refractivity contribution in [2.45, 2.75) is 19.9 Å². The van der Waals surface area contributed by atoms with Gasteiger partial charge in [-0.2, -0.15) is 0 Å². The van der Waals surface area contributed by atoms with E-state index in [-0.39, 0.29) is 12.2 Å². The number of aromatic hydroxyl groups is 3. The number of aliphatic hydroxyl groups is 1. The van der Waals surface area contributed by atoms with Crippen molar-refractivity contribution in [1.29, 1.82) is 0 Å². The third-order valence-corrected chi connectivity index (χ3v) is 2.75. The highest BCUT2D eigenvalue weighted by molar-refractivity contribution is 5.54. The first-order chi connectivity index (χ1) is 7.31. The van der Waals surface area contributed by atoms with Gasteiger partial charge in [-0.15, -0.1) is 0 Å². The summed E-state index contributed by atoms with van der Waals surface area (Å²) in [7, 11) is 0. The summed E-state index contributed by atoms with van der Waals surface area (Å²) in [6.07, 6.45) is 0. The van der Waals surface area contributed by atoms with E-state index >= 15 is 0 Å². The number of benzene rings is 1. The third-order valence-electron chi connectivity index (χ3n) is 2.75. The van der Waals surface area contributed by atoms with Gasteiger partial charge in [0.05, 0.1) is 0 Å². The minimum atomic E-state index is -0.649. The Labute approximate surface area is 93.8 Å². The molecule has 0 saturated carbocycles. The Morgan fingerprint density at radius 3 is 2.25 bits per heavy atom. The van der Waals surface area contributed by atoms with Crippen LogP contribution in [0.2, 0.25) is 0 Å². The van der Waals surface area contributed by atoms with Gasteiger partial charge in [-0.25, -0.2) is 0 Å². The second-order valence-corrected chi connectivity index (χ2v) is 4.50. The number of phenols is 3. The Balaban J connectivity index is 3.20. The Morgan fingerprint density at radius 1 is 1.19 bits per heavy atom. The van der Waals surface area contributed by atoms with E-state index in [0.29, 0.717) is 0 Å². The first-order valence-corrected chi connectivity index (χ1v) is 4.91. The highest BCUT2D eigenvalue weighted by Crippen LogP contribution is 2.43. The predicted molar refractivity (Wildman–Crippen MR) is 59.2 cm³/mol. The Hall–Kier alpha value is -1.46. The van der Waals surface area contributed by atoms with E-state index in [1.165, 1.54) is 12.1 Å². The second kappa shape index (κ2) is 4.19. The molecule has 16 heavy (non-hydrogen) atoms. The van der Waals surface area contributed by atoms with Crippen LogP contribution in [-0.4, -0.2) is 27.0 Å². The van der Waals surface area contributed by atoms with Gasteiger partial charge in [-0.05, 0) is 12.1 Å². The van der Waals surface area contributed by atoms with Gasteiger partial charge in [0.15, 0.2) is 11.5 Å². The fourth-order valence-corrected chi connectivity index (χ4v) is 1.35.